The third kappa shape index (κ3) is 4.22. The molecule has 0 saturated heterocycles. The van der Waals surface area contributed by atoms with Crippen LogP contribution in [0, 0.1) is 5.92 Å². The Kier molecular flexibility index (Phi) is 5.46. The van der Waals surface area contributed by atoms with Crippen LogP contribution in [0.4, 0.5) is 0 Å². The van der Waals surface area contributed by atoms with Crippen molar-refractivity contribution in [3.63, 3.8) is 0 Å². The Morgan fingerprint density at radius 1 is 1.17 bits per heavy atom. The minimum Gasteiger partial charge on any atom is -0.383 e. The highest BCUT2D eigenvalue weighted by molar-refractivity contribution is 4.86. The minimum absolute atomic E-state index is 0.536. The first-order valence-electron chi connectivity index (χ1n) is 7.65. The summed E-state index contributed by atoms with van der Waals surface area (Å²) in [5, 5.41) is 3.65. The maximum Gasteiger partial charge on any atom is 0.0630 e. The highest BCUT2D eigenvalue weighted by Gasteiger charge is 2.28. The fourth-order valence-electron chi connectivity index (χ4n) is 3.05. The molecule has 1 unspecified atom stereocenters. The van der Waals surface area contributed by atoms with Gasteiger partial charge in [0, 0.05) is 31.8 Å². The fourth-order valence-corrected chi connectivity index (χ4v) is 3.05. The van der Waals surface area contributed by atoms with Gasteiger partial charge in [-0.1, -0.05) is 6.92 Å². The Morgan fingerprint density at radius 2 is 1.83 bits per heavy atom. The molecule has 106 valence electrons. The molecule has 1 N–H and O–H groups in total. The van der Waals surface area contributed by atoms with Crippen molar-refractivity contribution in [3.05, 3.63) is 0 Å². The number of likely N-dealkylation sites (N-methyl/N-ethyl adjacent to an activating group) is 1. The molecule has 0 bridgehead atoms. The molecule has 2 aliphatic carbocycles. The van der Waals surface area contributed by atoms with Crippen LogP contribution in [-0.2, 0) is 4.74 Å². The van der Waals surface area contributed by atoms with Crippen molar-refractivity contribution >= 4 is 0 Å². The average molecular weight is 254 g/mol. The van der Waals surface area contributed by atoms with E-state index in [1.165, 1.54) is 38.5 Å². The highest BCUT2D eigenvalue weighted by Crippen LogP contribution is 2.27. The largest absolute Gasteiger partial charge is 0.383 e. The van der Waals surface area contributed by atoms with Gasteiger partial charge in [0.15, 0.2) is 0 Å². The van der Waals surface area contributed by atoms with Crippen molar-refractivity contribution in [1.82, 2.24) is 10.2 Å². The predicted octanol–water partition coefficient (Wildman–Crippen LogP) is 2.26. The van der Waals surface area contributed by atoms with Crippen molar-refractivity contribution in [2.24, 2.45) is 5.92 Å². The van der Waals surface area contributed by atoms with Gasteiger partial charge in [-0.25, -0.2) is 0 Å². The van der Waals surface area contributed by atoms with Crippen molar-refractivity contribution < 1.29 is 4.74 Å². The van der Waals surface area contributed by atoms with E-state index in [1.807, 2.05) is 7.11 Å². The highest BCUT2D eigenvalue weighted by atomic mass is 16.5. The SMILES string of the molecule is COCC(CNC1CC1)N(C)C1CCC(C)CC1. The molecule has 2 rings (SSSR count). The third-order valence-electron chi connectivity index (χ3n) is 4.72. The average Bonchev–Trinajstić information content (AvgIpc) is 3.18. The molecule has 0 aliphatic heterocycles. The zero-order valence-corrected chi connectivity index (χ0v) is 12.3. The van der Waals surface area contributed by atoms with E-state index in [0.717, 1.165) is 31.2 Å². The summed E-state index contributed by atoms with van der Waals surface area (Å²) < 4.78 is 5.41. The number of ether oxygens (including phenoxy) is 1. The van der Waals surface area contributed by atoms with E-state index in [-0.39, 0.29) is 0 Å². The minimum atomic E-state index is 0.536. The lowest BCUT2D eigenvalue weighted by atomic mass is 9.86. The molecule has 0 aromatic heterocycles. The summed E-state index contributed by atoms with van der Waals surface area (Å²) in [6.07, 6.45) is 8.24. The van der Waals surface area contributed by atoms with Crippen molar-refractivity contribution in [2.75, 3.05) is 27.3 Å². The van der Waals surface area contributed by atoms with Gasteiger partial charge in [-0.05, 0) is 51.5 Å². The predicted molar refractivity (Wildman–Crippen MR) is 75.9 cm³/mol. The van der Waals surface area contributed by atoms with Gasteiger partial charge >= 0.3 is 0 Å². The van der Waals surface area contributed by atoms with Crippen molar-refractivity contribution in [2.45, 2.75) is 63.6 Å². The first-order chi connectivity index (χ1) is 8.70. The molecule has 18 heavy (non-hydrogen) atoms. The van der Waals surface area contributed by atoms with E-state index in [9.17, 15) is 0 Å². The summed E-state index contributed by atoms with van der Waals surface area (Å²) in [4.78, 5) is 2.57. The molecule has 3 nitrogen and oxygen atoms in total. The smallest absolute Gasteiger partial charge is 0.0630 e. The number of hydrogen-bond acceptors (Lipinski definition) is 3. The topological polar surface area (TPSA) is 24.5 Å². The molecule has 0 aromatic rings. The zero-order valence-electron chi connectivity index (χ0n) is 12.3. The lowest BCUT2D eigenvalue weighted by molar-refractivity contribution is 0.0609. The monoisotopic (exact) mass is 254 g/mol. The molecule has 0 radical (unpaired) electrons. The quantitative estimate of drug-likeness (QED) is 0.754. The van der Waals surface area contributed by atoms with Gasteiger partial charge in [-0.2, -0.15) is 0 Å². The first kappa shape index (κ1) is 14.3. The van der Waals surface area contributed by atoms with Crippen LogP contribution in [0.2, 0.25) is 0 Å². The van der Waals surface area contributed by atoms with Gasteiger partial charge in [0.1, 0.15) is 0 Å². The van der Waals surface area contributed by atoms with Gasteiger partial charge in [0.05, 0.1) is 6.61 Å². The van der Waals surface area contributed by atoms with Gasteiger partial charge in [-0.15, -0.1) is 0 Å². The molecule has 2 fully saturated rings. The summed E-state index contributed by atoms with van der Waals surface area (Å²) in [7, 11) is 4.11. The number of nitrogens with zero attached hydrogens (tertiary/aromatic N) is 1. The van der Waals surface area contributed by atoms with E-state index in [4.69, 9.17) is 4.74 Å². The Balaban J connectivity index is 1.79. The van der Waals surface area contributed by atoms with E-state index in [0.29, 0.717) is 6.04 Å². The van der Waals surface area contributed by atoms with Crippen molar-refractivity contribution in [1.29, 1.82) is 0 Å². The molecule has 0 amide bonds. The molecular formula is C15H30N2O. The Morgan fingerprint density at radius 3 is 2.39 bits per heavy atom. The van der Waals surface area contributed by atoms with E-state index in [2.05, 4.69) is 24.2 Å². The standard InChI is InChI=1S/C15H30N2O/c1-12-4-8-14(9-5-12)17(2)15(11-18-3)10-16-13-6-7-13/h12-16H,4-11H2,1-3H3. The Bertz CT molecular complexity index is 235. The van der Waals surface area contributed by atoms with Crippen LogP contribution < -0.4 is 5.32 Å². The molecule has 0 heterocycles. The van der Waals surface area contributed by atoms with Crippen LogP contribution >= 0.6 is 0 Å². The molecule has 2 saturated carbocycles. The van der Waals surface area contributed by atoms with Crippen molar-refractivity contribution in [3.8, 4) is 0 Å². The van der Waals surface area contributed by atoms with Gasteiger partial charge in [0.2, 0.25) is 0 Å². The van der Waals surface area contributed by atoms with Crippen LogP contribution in [0.3, 0.4) is 0 Å². The summed E-state index contributed by atoms with van der Waals surface area (Å²) in [5.41, 5.74) is 0. The van der Waals surface area contributed by atoms with E-state index < -0.39 is 0 Å². The maximum atomic E-state index is 5.41. The van der Waals surface area contributed by atoms with Gasteiger partial charge in [-0.3, -0.25) is 4.90 Å². The summed E-state index contributed by atoms with van der Waals surface area (Å²) >= 11 is 0. The van der Waals surface area contributed by atoms with Crippen LogP contribution in [0.15, 0.2) is 0 Å². The van der Waals surface area contributed by atoms with E-state index >= 15 is 0 Å². The molecular weight excluding hydrogens is 224 g/mol. The van der Waals surface area contributed by atoms with Crippen LogP contribution in [-0.4, -0.2) is 50.3 Å². The number of rotatable bonds is 7. The summed E-state index contributed by atoms with van der Waals surface area (Å²) in [5.74, 6) is 0.931. The molecule has 0 aromatic carbocycles. The summed E-state index contributed by atoms with van der Waals surface area (Å²) in [6.45, 7) is 4.32. The fraction of sp³-hybridized carbons (Fsp3) is 1.00. The third-order valence-corrected chi connectivity index (χ3v) is 4.72. The molecule has 1 atom stereocenters. The summed E-state index contributed by atoms with van der Waals surface area (Å²) in [6, 6.07) is 2.10. The molecule has 2 aliphatic rings. The zero-order chi connectivity index (χ0) is 13.0. The first-order valence-corrected chi connectivity index (χ1v) is 7.65. The van der Waals surface area contributed by atoms with E-state index in [1.54, 1.807) is 0 Å². The number of hydrogen-bond donors (Lipinski definition) is 1. The molecule has 0 spiro atoms. The lowest BCUT2D eigenvalue weighted by Crippen LogP contribution is -2.49. The second-order valence-corrected chi connectivity index (χ2v) is 6.37. The normalized spacial score (nSPS) is 30.7. The van der Waals surface area contributed by atoms with Gasteiger partial charge in [0.25, 0.3) is 0 Å². The molecule has 3 heteroatoms. The van der Waals surface area contributed by atoms with Crippen LogP contribution in [0.25, 0.3) is 0 Å². The van der Waals surface area contributed by atoms with Crippen LogP contribution in [0.1, 0.15) is 45.4 Å². The van der Waals surface area contributed by atoms with Gasteiger partial charge < -0.3 is 10.1 Å². The lowest BCUT2D eigenvalue weighted by Gasteiger charge is -2.38. The maximum absolute atomic E-state index is 5.41. The van der Waals surface area contributed by atoms with Crippen LogP contribution in [0.5, 0.6) is 0 Å². The number of methoxy groups -OCH3 is 1. The Hall–Kier alpha value is -0.120. The second-order valence-electron chi connectivity index (χ2n) is 6.37. The Labute approximate surface area is 112 Å². The second kappa shape index (κ2) is 6.88. The number of nitrogens with one attached hydrogen (secondary N) is 1.